The molecule has 0 fully saturated rings. The van der Waals surface area contributed by atoms with E-state index in [-0.39, 0.29) is 23.3 Å². The molecule has 2 rings (SSSR count). The lowest BCUT2D eigenvalue weighted by Gasteiger charge is -2.24. The molecule has 0 atom stereocenters. The zero-order valence-electron chi connectivity index (χ0n) is 12.1. The molecule has 0 aliphatic carbocycles. The minimum Gasteiger partial charge on any atom is -0.347 e. The Bertz CT molecular complexity index is 605. The number of nitrogens with one attached hydrogen (secondary N) is 1. The maximum Gasteiger partial charge on any atom is 0.261 e. The van der Waals surface area contributed by atoms with Gasteiger partial charge in [-0.3, -0.25) is 19.3 Å². The molecule has 0 saturated carbocycles. The molecule has 106 valence electrons. The van der Waals surface area contributed by atoms with Gasteiger partial charge in [-0.05, 0) is 38.5 Å². The molecule has 1 aromatic carbocycles. The Kier molecular flexibility index (Phi) is 3.38. The predicted molar refractivity (Wildman–Crippen MR) is 74.7 cm³/mol. The normalized spacial score (nSPS) is 14.5. The van der Waals surface area contributed by atoms with E-state index in [1.807, 2.05) is 20.8 Å². The fraction of sp³-hybridized carbons (Fsp3) is 0.400. The van der Waals surface area contributed by atoms with Crippen molar-refractivity contribution < 1.29 is 14.4 Å². The largest absolute Gasteiger partial charge is 0.347 e. The first-order valence-electron chi connectivity index (χ1n) is 6.56. The molecule has 0 aromatic heterocycles. The molecule has 1 aromatic rings. The molecule has 20 heavy (non-hydrogen) atoms. The van der Waals surface area contributed by atoms with Crippen molar-refractivity contribution in [1.29, 1.82) is 0 Å². The van der Waals surface area contributed by atoms with Crippen molar-refractivity contribution in [2.75, 3.05) is 7.05 Å². The van der Waals surface area contributed by atoms with E-state index in [0.29, 0.717) is 16.7 Å². The second kappa shape index (κ2) is 4.74. The molecule has 0 bridgehead atoms. The van der Waals surface area contributed by atoms with Crippen LogP contribution in [-0.4, -0.2) is 35.2 Å². The van der Waals surface area contributed by atoms with Gasteiger partial charge in [0.25, 0.3) is 17.7 Å². The maximum absolute atomic E-state index is 12.2. The minimum atomic E-state index is -0.366. The van der Waals surface area contributed by atoms with Gasteiger partial charge >= 0.3 is 0 Å². The van der Waals surface area contributed by atoms with Crippen LogP contribution in [0.15, 0.2) is 18.2 Å². The minimum absolute atomic E-state index is 0.241. The van der Waals surface area contributed by atoms with E-state index in [2.05, 4.69) is 5.32 Å². The summed E-state index contributed by atoms with van der Waals surface area (Å²) < 4.78 is 0. The van der Waals surface area contributed by atoms with Crippen LogP contribution in [0.5, 0.6) is 0 Å². The molecular formula is C15H18N2O3. The number of imide groups is 1. The lowest BCUT2D eigenvalue weighted by molar-refractivity contribution is 0.0693. The summed E-state index contributed by atoms with van der Waals surface area (Å²) in [6, 6.07) is 4.59. The van der Waals surface area contributed by atoms with Gasteiger partial charge in [0.15, 0.2) is 0 Å². The average Bonchev–Trinajstić information content (AvgIpc) is 2.63. The van der Waals surface area contributed by atoms with Crippen LogP contribution in [0.1, 0.15) is 58.3 Å². The van der Waals surface area contributed by atoms with Gasteiger partial charge in [-0.1, -0.05) is 6.92 Å². The van der Waals surface area contributed by atoms with Gasteiger partial charge in [0.1, 0.15) is 0 Å². The summed E-state index contributed by atoms with van der Waals surface area (Å²) in [4.78, 5) is 36.9. The van der Waals surface area contributed by atoms with Crippen molar-refractivity contribution >= 4 is 17.7 Å². The van der Waals surface area contributed by atoms with Crippen LogP contribution in [0, 0.1) is 0 Å². The number of carbonyl (C=O) groups excluding carboxylic acids is 3. The molecular weight excluding hydrogens is 256 g/mol. The molecule has 0 spiro atoms. The number of fused-ring (bicyclic) bond motifs is 1. The number of hydrogen-bond donors (Lipinski definition) is 1. The molecule has 1 aliphatic rings. The van der Waals surface area contributed by atoms with Gasteiger partial charge < -0.3 is 5.32 Å². The highest BCUT2D eigenvalue weighted by Gasteiger charge is 2.33. The Morgan fingerprint density at radius 3 is 2.40 bits per heavy atom. The highest BCUT2D eigenvalue weighted by molar-refractivity contribution is 6.21. The van der Waals surface area contributed by atoms with Gasteiger partial charge in [-0.25, -0.2) is 0 Å². The third kappa shape index (κ3) is 2.31. The molecule has 0 unspecified atom stereocenters. The molecule has 5 heteroatoms. The van der Waals surface area contributed by atoms with Gasteiger partial charge in [0, 0.05) is 18.2 Å². The molecule has 1 N–H and O–H groups in total. The van der Waals surface area contributed by atoms with Crippen LogP contribution in [0.25, 0.3) is 0 Å². The summed E-state index contributed by atoms with van der Waals surface area (Å²) in [6.07, 6.45) is 0.795. The Morgan fingerprint density at radius 2 is 1.80 bits per heavy atom. The lowest BCUT2D eigenvalue weighted by atomic mass is 10.00. The Morgan fingerprint density at radius 1 is 1.20 bits per heavy atom. The second-order valence-corrected chi connectivity index (χ2v) is 5.62. The molecule has 1 aliphatic heterocycles. The summed E-state index contributed by atoms with van der Waals surface area (Å²) >= 11 is 0. The van der Waals surface area contributed by atoms with Crippen LogP contribution in [0.2, 0.25) is 0 Å². The molecule has 1 heterocycles. The molecule has 5 nitrogen and oxygen atoms in total. The predicted octanol–water partition coefficient (Wildman–Crippen LogP) is 1.83. The van der Waals surface area contributed by atoms with Crippen LogP contribution in [0.3, 0.4) is 0 Å². The van der Waals surface area contributed by atoms with Crippen molar-refractivity contribution in [3.63, 3.8) is 0 Å². The summed E-state index contributed by atoms with van der Waals surface area (Å²) in [6.45, 7) is 5.85. The van der Waals surface area contributed by atoms with Crippen molar-refractivity contribution in [2.24, 2.45) is 0 Å². The van der Waals surface area contributed by atoms with E-state index in [1.54, 1.807) is 6.07 Å². The zero-order valence-corrected chi connectivity index (χ0v) is 12.1. The molecule has 0 radical (unpaired) electrons. The lowest BCUT2D eigenvalue weighted by Crippen LogP contribution is -2.42. The summed E-state index contributed by atoms with van der Waals surface area (Å²) in [5, 5.41) is 2.90. The van der Waals surface area contributed by atoms with E-state index < -0.39 is 0 Å². The maximum atomic E-state index is 12.2. The first-order chi connectivity index (χ1) is 9.26. The van der Waals surface area contributed by atoms with E-state index >= 15 is 0 Å². The van der Waals surface area contributed by atoms with Crippen LogP contribution < -0.4 is 5.32 Å². The Labute approximate surface area is 118 Å². The van der Waals surface area contributed by atoms with Gasteiger partial charge in [0.05, 0.1) is 11.1 Å². The van der Waals surface area contributed by atoms with Gasteiger partial charge in [0.2, 0.25) is 0 Å². The van der Waals surface area contributed by atoms with E-state index in [9.17, 15) is 14.4 Å². The van der Waals surface area contributed by atoms with Crippen molar-refractivity contribution in [1.82, 2.24) is 10.2 Å². The number of carbonyl (C=O) groups is 3. The van der Waals surface area contributed by atoms with Crippen LogP contribution in [0.4, 0.5) is 0 Å². The highest BCUT2D eigenvalue weighted by atomic mass is 16.2. The van der Waals surface area contributed by atoms with Crippen molar-refractivity contribution in [3.05, 3.63) is 34.9 Å². The smallest absolute Gasteiger partial charge is 0.261 e. The quantitative estimate of drug-likeness (QED) is 0.855. The number of benzene rings is 1. The van der Waals surface area contributed by atoms with Gasteiger partial charge in [-0.2, -0.15) is 0 Å². The Balaban J connectivity index is 2.32. The fourth-order valence-electron chi connectivity index (χ4n) is 1.97. The van der Waals surface area contributed by atoms with E-state index in [0.717, 1.165) is 11.3 Å². The van der Waals surface area contributed by atoms with Gasteiger partial charge in [-0.15, -0.1) is 0 Å². The number of amides is 3. The fourth-order valence-corrected chi connectivity index (χ4v) is 1.97. The molecule has 0 saturated heterocycles. The monoisotopic (exact) mass is 274 g/mol. The second-order valence-electron chi connectivity index (χ2n) is 5.62. The average molecular weight is 274 g/mol. The molecule has 3 amide bonds. The van der Waals surface area contributed by atoms with Crippen molar-refractivity contribution in [3.8, 4) is 0 Å². The summed E-state index contributed by atoms with van der Waals surface area (Å²) in [5.74, 6) is -0.935. The first kappa shape index (κ1) is 14.2. The topological polar surface area (TPSA) is 66.5 Å². The highest BCUT2D eigenvalue weighted by Crippen LogP contribution is 2.23. The standard InChI is InChI=1S/C15H18N2O3/c1-5-15(2,3)16-12(18)9-6-7-10-11(8-9)14(20)17(4)13(10)19/h6-8H,5H2,1-4H3,(H,16,18). The van der Waals surface area contributed by atoms with E-state index in [1.165, 1.54) is 19.2 Å². The number of hydrogen-bond acceptors (Lipinski definition) is 3. The first-order valence-corrected chi connectivity index (χ1v) is 6.56. The summed E-state index contributed by atoms with van der Waals surface area (Å²) in [7, 11) is 1.44. The number of rotatable bonds is 3. The third-order valence-corrected chi connectivity index (χ3v) is 3.69. The van der Waals surface area contributed by atoms with Crippen LogP contribution >= 0.6 is 0 Å². The van der Waals surface area contributed by atoms with Crippen LogP contribution in [-0.2, 0) is 0 Å². The number of nitrogens with zero attached hydrogens (tertiary/aromatic N) is 1. The Hall–Kier alpha value is -2.17. The third-order valence-electron chi connectivity index (χ3n) is 3.69. The van der Waals surface area contributed by atoms with E-state index in [4.69, 9.17) is 0 Å². The van der Waals surface area contributed by atoms with Crippen molar-refractivity contribution in [2.45, 2.75) is 32.7 Å². The zero-order chi connectivity index (χ0) is 15.1. The summed E-state index contributed by atoms with van der Waals surface area (Å²) in [5.41, 5.74) is 0.720. The SMILES string of the molecule is CCC(C)(C)NC(=O)c1ccc2c(c1)C(=O)N(C)C2=O.